The van der Waals surface area contributed by atoms with Gasteiger partial charge in [0.25, 0.3) is 11.8 Å². The van der Waals surface area contributed by atoms with Crippen molar-refractivity contribution in [2.24, 2.45) is 5.92 Å². The Morgan fingerprint density at radius 2 is 1.71 bits per heavy atom. The molecule has 2 atom stereocenters. The topological polar surface area (TPSA) is 70.2 Å². The molecule has 0 aromatic heterocycles. The van der Waals surface area contributed by atoms with Crippen molar-refractivity contribution >= 4 is 17.8 Å². The SMILES string of the molecule is CCOC(=O)C1=C(N2CCN(C(=O)c3ccccc3)CC2)C2CCCCC2N(C)C1=O. The van der Waals surface area contributed by atoms with Gasteiger partial charge in [-0.3, -0.25) is 9.59 Å². The molecule has 2 heterocycles. The third kappa shape index (κ3) is 4.05. The number of carbonyl (C=O) groups is 3. The van der Waals surface area contributed by atoms with Gasteiger partial charge in [0.15, 0.2) is 0 Å². The zero-order valence-electron chi connectivity index (χ0n) is 18.4. The molecule has 4 rings (SSSR count). The molecule has 3 aliphatic rings. The van der Waals surface area contributed by atoms with E-state index in [4.69, 9.17) is 4.74 Å². The van der Waals surface area contributed by atoms with Crippen LogP contribution in [0.5, 0.6) is 0 Å². The van der Waals surface area contributed by atoms with Crippen LogP contribution in [0.3, 0.4) is 0 Å². The monoisotopic (exact) mass is 425 g/mol. The molecule has 1 aromatic carbocycles. The predicted octanol–water partition coefficient (Wildman–Crippen LogP) is 2.29. The van der Waals surface area contributed by atoms with Gasteiger partial charge < -0.3 is 19.4 Å². The molecule has 1 saturated carbocycles. The zero-order chi connectivity index (χ0) is 22.0. The van der Waals surface area contributed by atoms with Crippen LogP contribution in [0.2, 0.25) is 0 Å². The summed E-state index contributed by atoms with van der Waals surface area (Å²) in [5.41, 5.74) is 1.72. The van der Waals surface area contributed by atoms with Gasteiger partial charge in [0.05, 0.1) is 6.61 Å². The molecular weight excluding hydrogens is 394 g/mol. The summed E-state index contributed by atoms with van der Waals surface area (Å²) < 4.78 is 5.28. The minimum absolute atomic E-state index is 0.0230. The number of nitrogens with zero attached hydrogens (tertiary/aromatic N) is 3. The molecule has 7 nitrogen and oxygen atoms in total. The lowest BCUT2D eigenvalue weighted by atomic mass is 9.76. The van der Waals surface area contributed by atoms with Crippen LogP contribution in [0.1, 0.15) is 43.0 Å². The number of esters is 1. The number of carbonyl (C=O) groups excluding carboxylic acids is 3. The Morgan fingerprint density at radius 3 is 2.39 bits per heavy atom. The van der Waals surface area contributed by atoms with Gasteiger partial charge >= 0.3 is 5.97 Å². The van der Waals surface area contributed by atoms with Crippen LogP contribution in [0.25, 0.3) is 0 Å². The normalized spacial score (nSPS) is 24.2. The standard InChI is InChI=1S/C24H31N3O4/c1-3-31-24(30)20-21(18-11-7-8-12-19(18)25(2)23(20)29)26-13-15-27(16-14-26)22(28)17-9-5-4-6-10-17/h4-6,9-10,18-19H,3,7-8,11-16H2,1-2H3. The summed E-state index contributed by atoms with van der Waals surface area (Å²) in [6.45, 7) is 4.34. The number of piperazine rings is 1. The van der Waals surface area contributed by atoms with E-state index >= 15 is 0 Å². The summed E-state index contributed by atoms with van der Waals surface area (Å²) in [7, 11) is 1.80. The van der Waals surface area contributed by atoms with E-state index in [9.17, 15) is 14.4 Å². The van der Waals surface area contributed by atoms with E-state index in [1.54, 1.807) is 18.9 Å². The first kappa shape index (κ1) is 21.4. The second-order valence-electron chi connectivity index (χ2n) is 8.50. The highest BCUT2D eigenvalue weighted by atomic mass is 16.5. The first-order chi connectivity index (χ1) is 15.0. The number of amides is 2. The summed E-state index contributed by atoms with van der Waals surface area (Å²) in [6, 6.07) is 9.42. The molecule has 0 N–H and O–H groups in total. The lowest BCUT2D eigenvalue weighted by molar-refractivity contribution is -0.144. The molecule has 2 unspecified atom stereocenters. The Hall–Kier alpha value is -2.83. The lowest BCUT2D eigenvalue weighted by Gasteiger charge is -2.48. The fourth-order valence-corrected chi connectivity index (χ4v) is 5.22. The van der Waals surface area contributed by atoms with Crippen LogP contribution < -0.4 is 0 Å². The van der Waals surface area contributed by atoms with Crippen molar-refractivity contribution in [1.29, 1.82) is 0 Å². The van der Waals surface area contributed by atoms with Gasteiger partial charge in [-0.25, -0.2) is 4.79 Å². The molecule has 1 aromatic rings. The third-order valence-electron chi connectivity index (χ3n) is 6.78. The first-order valence-corrected chi connectivity index (χ1v) is 11.3. The van der Waals surface area contributed by atoms with Gasteiger partial charge in [0, 0.05) is 56.4 Å². The Bertz CT molecular complexity index is 874. The number of ether oxygens (including phenoxy) is 1. The van der Waals surface area contributed by atoms with E-state index in [1.807, 2.05) is 35.2 Å². The molecular formula is C24H31N3O4. The van der Waals surface area contributed by atoms with Crippen molar-refractivity contribution in [2.45, 2.75) is 38.6 Å². The number of likely N-dealkylation sites (N-methyl/N-ethyl adjacent to an activating group) is 1. The highest BCUT2D eigenvalue weighted by molar-refractivity contribution is 6.17. The average molecular weight is 426 g/mol. The number of fused-ring (bicyclic) bond motifs is 1. The molecule has 31 heavy (non-hydrogen) atoms. The van der Waals surface area contributed by atoms with E-state index in [-0.39, 0.29) is 36.0 Å². The fourth-order valence-electron chi connectivity index (χ4n) is 5.22. The Balaban J connectivity index is 1.60. The average Bonchev–Trinajstić information content (AvgIpc) is 2.81. The second kappa shape index (κ2) is 9.12. The fraction of sp³-hybridized carbons (Fsp3) is 0.542. The van der Waals surface area contributed by atoms with E-state index in [0.29, 0.717) is 31.7 Å². The van der Waals surface area contributed by atoms with Gasteiger partial charge in [-0.1, -0.05) is 31.0 Å². The van der Waals surface area contributed by atoms with Crippen LogP contribution >= 0.6 is 0 Å². The largest absolute Gasteiger partial charge is 0.462 e. The number of benzene rings is 1. The van der Waals surface area contributed by atoms with Crippen LogP contribution in [-0.4, -0.2) is 78.4 Å². The van der Waals surface area contributed by atoms with Crippen molar-refractivity contribution in [3.8, 4) is 0 Å². The maximum atomic E-state index is 13.2. The molecule has 2 amide bonds. The summed E-state index contributed by atoms with van der Waals surface area (Å²) in [5, 5.41) is 0. The molecule has 1 saturated heterocycles. The van der Waals surface area contributed by atoms with Crippen molar-refractivity contribution in [3.63, 3.8) is 0 Å². The predicted molar refractivity (Wildman–Crippen MR) is 116 cm³/mol. The summed E-state index contributed by atoms with van der Waals surface area (Å²) >= 11 is 0. The van der Waals surface area contributed by atoms with Crippen molar-refractivity contribution < 1.29 is 19.1 Å². The van der Waals surface area contributed by atoms with E-state index < -0.39 is 5.97 Å². The summed E-state index contributed by atoms with van der Waals surface area (Å²) in [4.78, 5) is 44.6. The van der Waals surface area contributed by atoms with Crippen molar-refractivity contribution in [2.75, 3.05) is 39.8 Å². The van der Waals surface area contributed by atoms with Gasteiger partial charge in [-0.15, -0.1) is 0 Å². The highest BCUT2D eigenvalue weighted by Gasteiger charge is 2.46. The first-order valence-electron chi connectivity index (χ1n) is 11.3. The quantitative estimate of drug-likeness (QED) is 0.547. The molecule has 7 heteroatoms. The summed E-state index contributed by atoms with van der Waals surface area (Å²) in [6.07, 6.45) is 4.11. The van der Waals surface area contributed by atoms with E-state index in [1.165, 1.54) is 0 Å². The number of hydrogen-bond acceptors (Lipinski definition) is 5. The Kier molecular flexibility index (Phi) is 6.30. The van der Waals surface area contributed by atoms with Crippen LogP contribution in [0.4, 0.5) is 0 Å². The molecule has 1 aliphatic carbocycles. The van der Waals surface area contributed by atoms with Gasteiger partial charge in [0.1, 0.15) is 5.57 Å². The molecule has 2 aliphatic heterocycles. The Labute approximate surface area is 183 Å². The minimum atomic E-state index is -0.527. The molecule has 0 spiro atoms. The van der Waals surface area contributed by atoms with E-state index in [2.05, 4.69) is 4.90 Å². The molecule has 0 radical (unpaired) electrons. The van der Waals surface area contributed by atoms with Gasteiger partial charge in [-0.05, 0) is 31.9 Å². The van der Waals surface area contributed by atoms with Crippen LogP contribution in [-0.2, 0) is 14.3 Å². The molecule has 166 valence electrons. The van der Waals surface area contributed by atoms with Gasteiger partial charge in [-0.2, -0.15) is 0 Å². The van der Waals surface area contributed by atoms with Crippen LogP contribution in [0.15, 0.2) is 41.6 Å². The van der Waals surface area contributed by atoms with Crippen molar-refractivity contribution in [1.82, 2.24) is 14.7 Å². The van der Waals surface area contributed by atoms with Crippen LogP contribution in [0, 0.1) is 5.92 Å². The summed E-state index contributed by atoms with van der Waals surface area (Å²) in [5.74, 6) is -0.595. The molecule has 2 fully saturated rings. The second-order valence-corrected chi connectivity index (χ2v) is 8.50. The number of hydrogen-bond donors (Lipinski definition) is 0. The lowest BCUT2D eigenvalue weighted by Crippen LogP contribution is -2.56. The smallest absolute Gasteiger partial charge is 0.345 e. The third-order valence-corrected chi connectivity index (χ3v) is 6.78. The maximum absolute atomic E-state index is 13.2. The Morgan fingerprint density at radius 1 is 1.03 bits per heavy atom. The highest BCUT2D eigenvalue weighted by Crippen LogP contribution is 2.40. The van der Waals surface area contributed by atoms with Crippen molar-refractivity contribution in [3.05, 3.63) is 47.2 Å². The number of rotatable bonds is 4. The maximum Gasteiger partial charge on any atom is 0.345 e. The molecule has 0 bridgehead atoms. The zero-order valence-corrected chi connectivity index (χ0v) is 18.4. The van der Waals surface area contributed by atoms with Gasteiger partial charge in [0.2, 0.25) is 0 Å². The minimum Gasteiger partial charge on any atom is -0.462 e. The van der Waals surface area contributed by atoms with E-state index in [0.717, 1.165) is 31.4 Å².